The van der Waals surface area contributed by atoms with Crippen LogP contribution in [0.1, 0.15) is 18.5 Å². The van der Waals surface area contributed by atoms with Gasteiger partial charge in [-0.3, -0.25) is 10.1 Å². The molecule has 0 bridgehead atoms. The minimum absolute atomic E-state index is 0.0839. The molecule has 0 aliphatic heterocycles. The number of nitro groups is 1. The summed E-state index contributed by atoms with van der Waals surface area (Å²) in [6.45, 7) is 1.84. The number of nitro benzene ring substituents is 1. The molecule has 0 spiro atoms. The zero-order valence-electron chi connectivity index (χ0n) is 10.9. The lowest BCUT2D eigenvalue weighted by Crippen LogP contribution is -2.09. The summed E-state index contributed by atoms with van der Waals surface area (Å²) in [5, 5.41) is 15.4. The van der Waals surface area contributed by atoms with Crippen molar-refractivity contribution in [3.05, 3.63) is 67.1 Å². The van der Waals surface area contributed by atoms with E-state index in [1.807, 2.05) is 6.92 Å². The van der Waals surface area contributed by atoms with Gasteiger partial charge in [0.1, 0.15) is 5.69 Å². The summed E-state index contributed by atoms with van der Waals surface area (Å²) < 4.78 is 0. The summed E-state index contributed by atoms with van der Waals surface area (Å²) in [5.41, 5.74) is 0.956. The number of halogens is 3. The van der Waals surface area contributed by atoms with Crippen molar-refractivity contribution in [2.45, 2.75) is 13.0 Å². The molecule has 1 N–H and O–H groups in total. The normalized spacial score (nSPS) is 12.0. The van der Waals surface area contributed by atoms with Crippen LogP contribution in [0.5, 0.6) is 0 Å². The average Bonchev–Trinajstić information content (AvgIpc) is 2.40. The summed E-state index contributed by atoms with van der Waals surface area (Å²) in [6.07, 6.45) is 0. The molecule has 0 saturated heterocycles. The molecule has 0 saturated carbocycles. The third kappa shape index (κ3) is 3.59. The molecule has 1 unspecified atom stereocenters. The Labute approximate surface area is 136 Å². The first-order valence-electron chi connectivity index (χ1n) is 6.04. The van der Waals surface area contributed by atoms with Gasteiger partial charge in [0.15, 0.2) is 0 Å². The van der Waals surface area contributed by atoms with Gasteiger partial charge in [-0.25, -0.2) is 0 Å². The highest BCUT2D eigenvalue weighted by molar-refractivity contribution is 6.35. The van der Waals surface area contributed by atoms with Crippen molar-refractivity contribution in [1.29, 1.82) is 0 Å². The van der Waals surface area contributed by atoms with Crippen molar-refractivity contribution in [3.63, 3.8) is 0 Å². The number of nitrogens with zero attached hydrogens (tertiary/aromatic N) is 1. The number of nitrogens with one attached hydrogen (secondary N) is 1. The van der Waals surface area contributed by atoms with E-state index in [0.717, 1.165) is 5.56 Å². The van der Waals surface area contributed by atoms with Gasteiger partial charge in [0, 0.05) is 16.1 Å². The molecule has 0 aromatic heterocycles. The molecule has 0 amide bonds. The number of rotatable bonds is 4. The predicted molar refractivity (Wildman–Crippen MR) is 86.6 cm³/mol. The molecular weight excluding hydrogens is 335 g/mol. The zero-order valence-corrected chi connectivity index (χ0v) is 13.2. The second-order valence-electron chi connectivity index (χ2n) is 4.42. The second kappa shape index (κ2) is 6.52. The summed E-state index contributed by atoms with van der Waals surface area (Å²) in [4.78, 5) is 10.6. The molecule has 4 nitrogen and oxygen atoms in total. The van der Waals surface area contributed by atoms with Crippen molar-refractivity contribution < 1.29 is 4.92 Å². The fourth-order valence-corrected chi connectivity index (χ4v) is 2.75. The van der Waals surface area contributed by atoms with E-state index < -0.39 is 4.92 Å². The maximum Gasteiger partial charge on any atom is 0.293 e. The fourth-order valence-electron chi connectivity index (χ4n) is 1.95. The molecule has 0 fully saturated rings. The van der Waals surface area contributed by atoms with Gasteiger partial charge in [0.05, 0.1) is 16.0 Å². The number of hydrogen-bond acceptors (Lipinski definition) is 3. The van der Waals surface area contributed by atoms with Crippen molar-refractivity contribution in [3.8, 4) is 0 Å². The van der Waals surface area contributed by atoms with E-state index in [1.165, 1.54) is 12.1 Å². The Morgan fingerprint density at radius 2 is 1.86 bits per heavy atom. The first kappa shape index (κ1) is 15.9. The zero-order chi connectivity index (χ0) is 15.6. The SMILES string of the molecule is CC(Nc1c(Cl)cccc1[N+](=O)[O-])c1ccc(Cl)cc1Cl. The van der Waals surface area contributed by atoms with E-state index in [1.54, 1.807) is 24.3 Å². The van der Waals surface area contributed by atoms with Crippen molar-refractivity contribution >= 4 is 46.2 Å². The molecule has 0 radical (unpaired) electrons. The Hall–Kier alpha value is -1.49. The van der Waals surface area contributed by atoms with E-state index in [9.17, 15) is 10.1 Å². The molecule has 21 heavy (non-hydrogen) atoms. The maximum atomic E-state index is 11.1. The van der Waals surface area contributed by atoms with Crippen LogP contribution in [0.3, 0.4) is 0 Å². The molecule has 0 heterocycles. The number of hydrogen-bond donors (Lipinski definition) is 1. The minimum atomic E-state index is -0.482. The van der Waals surface area contributed by atoms with Crippen LogP contribution in [0.4, 0.5) is 11.4 Å². The first-order valence-corrected chi connectivity index (χ1v) is 7.18. The van der Waals surface area contributed by atoms with Crippen LogP contribution in [0.2, 0.25) is 15.1 Å². The number of para-hydroxylation sites is 1. The molecule has 110 valence electrons. The summed E-state index contributed by atoms with van der Waals surface area (Å²) >= 11 is 18.0. The molecule has 0 aliphatic carbocycles. The van der Waals surface area contributed by atoms with Gasteiger partial charge in [0.2, 0.25) is 0 Å². The van der Waals surface area contributed by atoms with Gasteiger partial charge < -0.3 is 5.32 Å². The lowest BCUT2D eigenvalue weighted by atomic mass is 10.1. The molecule has 2 rings (SSSR count). The highest BCUT2D eigenvalue weighted by Crippen LogP contribution is 2.36. The molecule has 7 heteroatoms. The number of anilines is 1. The molecule has 0 aliphatic rings. The monoisotopic (exact) mass is 344 g/mol. The average molecular weight is 346 g/mol. The van der Waals surface area contributed by atoms with Crippen LogP contribution in [0.15, 0.2) is 36.4 Å². The lowest BCUT2D eigenvalue weighted by molar-refractivity contribution is -0.384. The van der Waals surface area contributed by atoms with Crippen LogP contribution < -0.4 is 5.32 Å². The third-order valence-electron chi connectivity index (χ3n) is 2.98. The highest BCUT2D eigenvalue weighted by Gasteiger charge is 2.19. The van der Waals surface area contributed by atoms with Gasteiger partial charge >= 0.3 is 0 Å². The van der Waals surface area contributed by atoms with E-state index in [0.29, 0.717) is 10.0 Å². The Bertz CT molecular complexity index is 692. The first-order chi connectivity index (χ1) is 9.90. The fraction of sp³-hybridized carbons (Fsp3) is 0.143. The van der Waals surface area contributed by atoms with Gasteiger partial charge in [-0.15, -0.1) is 0 Å². The molecular formula is C14H11Cl3N2O2. The van der Waals surface area contributed by atoms with Crippen LogP contribution in [0.25, 0.3) is 0 Å². The quantitative estimate of drug-likeness (QED) is 0.569. The van der Waals surface area contributed by atoms with Gasteiger partial charge in [-0.1, -0.05) is 46.9 Å². The second-order valence-corrected chi connectivity index (χ2v) is 5.67. The van der Waals surface area contributed by atoms with Crippen LogP contribution in [-0.4, -0.2) is 4.92 Å². The van der Waals surface area contributed by atoms with Crippen LogP contribution in [-0.2, 0) is 0 Å². The van der Waals surface area contributed by atoms with E-state index in [4.69, 9.17) is 34.8 Å². The van der Waals surface area contributed by atoms with Gasteiger partial charge in [-0.05, 0) is 30.7 Å². The Morgan fingerprint density at radius 1 is 1.14 bits per heavy atom. The summed E-state index contributed by atoms with van der Waals surface area (Å²) in [7, 11) is 0. The number of benzene rings is 2. The van der Waals surface area contributed by atoms with Gasteiger partial charge in [-0.2, -0.15) is 0 Å². The van der Waals surface area contributed by atoms with Crippen LogP contribution >= 0.6 is 34.8 Å². The summed E-state index contributed by atoms with van der Waals surface area (Å²) in [6, 6.07) is 9.35. The maximum absolute atomic E-state index is 11.1. The molecule has 2 aromatic carbocycles. The topological polar surface area (TPSA) is 55.2 Å². The predicted octanol–water partition coefficient (Wildman–Crippen LogP) is 5.73. The summed E-state index contributed by atoms with van der Waals surface area (Å²) in [5.74, 6) is 0. The Kier molecular flexibility index (Phi) is 4.93. The van der Waals surface area contributed by atoms with Gasteiger partial charge in [0.25, 0.3) is 5.69 Å². The van der Waals surface area contributed by atoms with E-state index >= 15 is 0 Å². The van der Waals surface area contributed by atoms with Crippen molar-refractivity contribution in [2.75, 3.05) is 5.32 Å². The van der Waals surface area contributed by atoms with Crippen molar-refractivity contribution in [2.24, 2.45) is 0 Å². The largest absolute Gasteiger partial charge is 0.372 e. The Balaban J connectivity index is 2.36. The molecule has 2 aromatic rings. The highest BCUT2D eigenvalue weighted by atomic mass is 35.5. The van der Waals surface area contributed by atoms with E-state index in [2.05, 4.69) is 5.32 Å². The van der Waals surface area contributed by atoms with Crippen molar-refractivity contribution in [1.82, 2.24) is 0 Å². The van der Waals surface area contributed by atoms with E-state index in [-0.39, 0.29) is 22.4 Å². The smallest absolute Gasteiger partial charge is 0.293 e. The van der Waals surface area contributed by atoms with Crippen LogP contribution in [0, 0.1) is 10.1 Å². The lowest BCUT2D eigenvalue weighted by Gasteiger charge is -2.18. The Morgan fingerprint density at radius 3 is 2.48 bits per heavy atom. The minimum Gasteiger partial charge on any atom is -0.372 e. The third-order valence-corrected chi connectivity index (χ3v) is 3.86. The molecule has 1 atom stereocenters. The standard InChI is InChI=1S/C14H11Cl3N2O2/c1-8(10-6-5-9(15)7-12(10)17)18-14-11(16)3-2-4-13(14)19(20)21/h2-8,18H,1H3.